The highest BCUT2D eigenvalue weighted by molar-refractivity contribution is 5.66. The minimum Gasteiger partial charge on any atom is -0.368 e. The molecule has 0 saturated heterocycles. The number of anilines is 1. The molecule has 2 aromatic rings. The van der Waals surface area contributed by atoms with Gasteiger partial charge in [-0.3, -0.25) is 0 Å². The molecule has 0 spiro atoms. The Kier molecular flexibility index (Phi) is 2.48. The molecule has 4 heteroatoms. The number of aromatic nitrogens is 3. The normalized spacial score (nSPS) is 15.5. The van der Waals surface area contributed by atoms with E-state index in [1.165, 1.54) is 25.7 Å². The third kappa shape index (κ3) is 2.01. The number of hydrogen-bond acceptors (Lipinski definition) is 3. The van der Waals surface area contributed by atoms with Crippen molar-refractivity contribution in [2.24, 2.45) is 5.92 Å². The lowest BCUT2D eigenvalue weighted by Crippen LogP contribution is -2.05. The lowest BCUT2D eigenvalue weighted by atomic mass is 10.2. The summed E-state index contributed by atoms with van der Waals surface area (Å²) in [7, 11) is 0. The smallest absolute Gasteiger partial charge is 0.152 e. The fourth-order valence-electron chi connectivity index (χ4n) is 2.00. The van der Waals surface area contributed by atoms with Crippen molar-refractivity contribution in [1.29, 1.82) is 0 Å². The van der Waals surface area contributed by atoms with Crippen molar-refractivity contribution in [3.05, 3.63) is 24.7 Å². The van der Waals surface area contributed by atoms with Gasteiger partial charge in [0.05, 0.1) is 6.20 Å². The van der Waals surface area contributed by atoms with E-state index in [1.807, 2.05) is 16.8 Å². The zero-order valence-electron chi connectivity index (χ0n) is 9.26. The van der Waals surface area contributed by atoms with Gasteiger partial charge in [0.15, 0.2) is 5.82 Å². The molecule has 1 N–H and O–H groups in total. The lowest BCUT2D eigenvalue weighted by Gasteiger charge is -2.06. The van der Waals surface area contributed by atoms with Crippen LogP contribution in [0.2, 0.25) is 0 Å². The van der Waals surface area contributed by atoms with Gasteiger partial charge in [-0.2, -0.15) is 5.10 Å². The molecule has 1 saturated carbocycles. The molecule has 1 aliphatic rings. The Morgan fingerprint density at radius 1 is 1.38 bits per heavy atom. The highest BCUT2D eigenvalue weighted by atomic mass is 15.2. The summed E-state index contributed by atoms with van der Waals surface area (Å²) < 4.78 is 1.84. The van der Waals surface area contributed by atoms with Crippen LogP contribution in [0, 0.1) is 5.92 Å². The van der Waals surface area contributed by atoms with Crippen molar-refractivity contribution in [1.82, 2.24) is 14.6 Å². The van der Waals surface area contributed by atoms with E-state index >= 15 is 0 Å². The summed E-state index contributed by atoms with van der Waals surface area (Å²) in [6, 6.07) is 1.98. The van der Waals surface area contributed by atoms with Gasteiger partial charge in [-0.1, -0.05) is 12.8 Å². The van der Waals surface area contributed by atoms with E-state index in [0.29, 0.717) is 0 Å². The molecule has 0 atom stereocenters. The summed E-state index contributed by atoms with van der Waals surface area (Å²) in [4.78, 5) is 4.34. The summed E-state index contributed by atoms with van der Waals surface area (Å²) in [6.45, 7) is 1.01. The van der Waals surface area contributed by atoms with Gasteiger partial charge in [-0.05, 0) is 24.8 Å². The van der Waals surface area contributed by atoms with Gasteiger partial charge in [0.2, 0.25) is 0 Å². The largest absolute Gasteiger partial charge is 0.368 e. The van der Waals surface area contributed by atoms with E-state index in [1.54, 1.807) is 12.4 Å². The summed E-state index contributed by atoms with van der Waals surface area (Å²) in [5, 5.41) is 7.57. The lowest BCUT2D eigenvalue weighted by molar-refractivity contribution is 0.686. The van der Waals surface area contributed by atoms with E-state index in [4.69, 9.17) is 0 Å². The Balaban J connectivity index is 1.61. The van der Waals surface area contributed by atoms with Crippen LogP contribution >= 0.6 is 0 Å². The van der Waals surface area contributed by atoms with Gasteiger partial charge >= 0.3 is 0 Å². The van der Waals surface area contributed by atoms with Crippen molar-refractivity contribution in [3.8, 4) is 0 Å². The monoisotopic (exact) mass is 216 g/mol. The van der Waals surface area contributed by atoms with E-state index in [0.717, 1.165) is 23.8 Å². The first-order chi connectivity index (χ1) is 7.93. The molecular weight excluding hydrogens is 200 g/mol. The molecule has 0 amide bonds. The summed E-state index contributed by atoms with van der Waals surface area (Å²) >= 11 is 0. The highest BCUT2D eigenvalue weighted by Gasteiger charge is 2.19. The molecule has 0 aromatic carbocycles. The Bertz CT molecular complexity index is 473. The predicted molar refractivity (Wildman–Crippen MR) is 63.4 cm³/mol. The summed E-state index contributed by atoms with van der Waals surface area (Å²) in [6.07, 6.45) is 10.9. The maximum Gasteiger partial charge on any atom is 0.152 e. The molecule has 1 aliphatic carbocycles. The van der Waals surface area contributed by atoms with Crippen LogP contribution in [0.25, 0.3) is 5.52 Å². The molecule has 0 aliphatic heterocycles. The number of hydrogen-bond donors (Lipinski definition) is 1. The first kappa shape index (κ1) is 9.63. The second kappa shape index (κ2) is 4.12. The molecule has 16 heavy (non-hydrogen) atoms. The van der Waals surface area contributed by atoms with Crippen molar-refractivity contribution < 1.29 is 0 Å². The van der Waals surface area contributed by atoms with Gasteiger partial charge in [0.1, 0.15) is 5.52 Å². The van der Waals surface area contributed by atoms with Crippen molar-refractivity contribution in [2.45, 2.75) is 25.7 Å². The summed E-state index contributed by atoms with van der Waals surface area (Å²) in [5.41, 5.74) is 1.05. The average molecular weight is 216 g/mol. The van der Waals surface area contributed by atoms with Crippen LogP contribution in [-0.4, -0.2) is 21.1 Å². The molecule has 2 heterocycles. The van der Waals surface area contributed by atoms with Crippen molar-refractivity contribution in [2.75, 3.05) is 11.9 Å². The van der Waals surface area contributed by atoms with Crippen molar-refractivity contribution in [3.63, 3.8) is 0 Å². The minimum absolute atomic E-state index is 0.941. The maximum atomic E-state index is 4.34. The van der Waals surface area contributed by atoms with E-state index in [9.17, 15) is 0 Å². The number of fused-ring (bicyclic) bond motifs is 1. The topological polar surface area (TPSA) is 42.2 Å². The van der Waals surface area contributed by atoms with Crippen LogP contribution in [0.5, 0.6) is 0 Å². The third-order valence-corrected chi connectivity index (χ3v) is 3.10. The van der Waals surface area contributed by atoms with E-state index in [-0.39, 0.29) is 0 Å². The molecule has 0 bridgehead atoms. The molecule has 2 aromatic heterocycles. The van der Waals surface area contributed by atoms with Crippen LogP contribution < -0.4 is 5.32 Å². The molecule has 4 nitrogen and oxygen atoms in total. The Hall–Kier alpha value is -1.58. The molecule has 3 rings (SSSR count). The van der Waals surface area contributed by atoms with Crippen LogP contribution in [-0.2, 0) is 0 Å². The van der Waals surface area contributed by atoms with Gasteiger partial charge < -0.3 is 5.32 Å². The maximum absolute atomic E-state index is 4.34. The predicted octanol–water partition coefficient (Wildman–Crippen LogP) is 2.33. The Labute approximate surface area is 94.7 Å². The Morgan fingerprint density at radius 2 is 2.31 bits per heavy atom. The fourth-order valence-corrected chi connectivity index (χ4v) is 2.00. The third-order valence-electron chi connectivity index (χ3n) is 3.10. The Morgan fingerprint density at radius 3 is 3.19 bits per heavy atom. The van der Waals surface area contributed by atoms with Crippen LogP contribution in [0.4, 0.5) is 5.82 Å². The molecule has 1 fully saturated rings. The second-order valence-corrected chi connectivity index (χ2v) is 4.45. The van der Waals surface area contributed by atoms with Crippen molar-refractivity contribution >= 4 is 11.3 Å². The number of nitrogens with one attached hydrogen (secondary N) is 1. The van der Waals surface area contributed by atoms with E-state index < -0.39 is 0 Å². The highest BCUT2D eigenvalue weighted by Crippen LogP contribution is 2.33. The van der Waals surface area contributed by atoms with Crippen LogP contribution in [0.1, 0.15) is 25.7 Å². The molecule has 0 radical (unpaired) electrons. The second-order valence-electron chi connectivity index (χ2n) is 4.45. The van der Waals surface area contributed by atoms with Gasteiger partial charge in [-0.15, -0.1) is 0 Å². The standard InChI is InChI=1S/C12H16N4/c1(2-10-3-4-10)6-13-12-11-5-7-15-16(11)9-8-14-12/h5,7-10H,1-4,6H2,(H,13,14). The first-order valence-electron chi connectivity index (χ1n) is 5.96. The first-order valence-corrected chi connectivity index (χ1v) is 5.96. The summed E-state index contributed by atoms with van der Waals surface area (Å²) in [5.74, 6) is 1.95. The van der Waals surface area contributed by atoms with Gasteiger partial charge in [0.25, 0.3) is 0 Å². The molecular formula is C12H16N4. The minimum atomic E-state index is 0.941. The average Bonchev–Trinajstić information content (AvgIpc) is 3.00. The molecule has 84 valence electrons. The number of nitrogens with zero attached hydrogens (tertiary/aromatic N) is 3. The SMILES string of the molecule is c1cn2nccc2c(NCCCC2CC2)n1. The van der Waals surface area contributed by atoms with Crippen LogP contribution in [0.15, 0.2) is 24.7 Å². The van der Waals surface area contributed by atoms with E-state index in [2.05, 4.69) is 15.4 Å². The zero-order chi connectivity index (χ0) is 10.8. The fraction of sp³-hybridized carbons (Fsp3) is 0.500. The molecule has 0 unspecified atom stereocenters. The van der Waals surface area contributed by atoms with Gasteiger partial charge in [-0.25, -0.2) is 9.50 Å². The number of rotatable bonds is 5. The zero-order valence-corrected chi connectivity index (χ0v) is 9.26. The quantitative estimate of drug-likeness (QED) is 0.780. The van der Waals surface area contributed by atoms with Gasteiger partial charge in [0, 0.05) is 18.9 Å². The van der Waals surface area contributed by atoms with Crippen LogP contribution in [0.3, 0.4) is 0 Å².